The first-order valence-corrected chi connectivity index (χ1v) is 8.97. The fourth-order valence-electron chi connectivity index (χ4n) is 3.69. The number of aromatic nitrogens is 2. The van der Waals surface area contributed by atoms with Crippen molar-refractivity contribution in [2.24, 2.45) is 0 Å². The largest absolute Gasteiger partial charge is 0.497 e. The number of rotatable bonds is 2. The van der Waals surface area contributed by atoms with Crippen LogP contribution in [0, 0.1) is 0 Å². The summed E-state index contributed by atoms with van der Waals surface area (Å²) in [4.78, 5) is 30.3. The summed E-state index contributed by atoms with van der Waals surface area (Å²) in [6.07, 6.45) is 5.62. The number of imidazole rings is 1. The number of ether oxygens (including phenoxy) is 1. The number of methoxy groups -OCH3 is 1. The molecule has 1 aliphatic heterocycles. The molecule has 2 aliphatic rings. The summed E-state index contributed by atoms with van der Waals surface area (Å²) in [7, 11) is 1.68. The molecule has 144 valence electrons. The van der Waals surface area contributed by atoms with Gasteiger partial charge in [0.05, 0.1) is 37.4 Å². The van der Waals surface area contributed by atoms with Gasteiger partial charge < -0.3 is 25.0 Å². The van der Waals surface area contributed by atoms with Gasteiger partial charge in [0.2, 0.25) is 0 Å². The van der Waals surface area contributed by atoms with Crippen molar-refractivity contribution in [1.82, 2.24) is 20.2 Å². The lowest BCUT2D eigenvalue weighted by Gasteiger charge is -2.31. The van der Waals surface area contributed by atoms with E-state index in [4.69, 9.17) is 14.6 Å². The quantitative estimate of drug-likeness (QED) is 0.701. The van der Waals surface area contributed by atoms with E-state index in [1.54, 1.807) is 13.4 Å². The van der Waals surface area contributed by atoms with Gasteiger partial charge in [-0.25, -0.2) is 9.78 Å². The van der Waals surface area contributed by atoms with Crippen LogP contribution in [0.1, 0.15) is 41.4 Å². The summed E-state index contributed by atoms with van der Waals surface area (Å²) in [5.41, 5.74) is 4.62. The summed E-state index contributed by atoms with van der Waals surface area (Å²) < 4.78 is 5.31. The number of carboxylic acid groups (broad SMARTS) is 1. The lowest BCUT2D eigenvalue weighted by atomic mass is 9.87. The topological polar surface area (TPSA) is 108 Å². The Morgan fingerprint density at radius 1 is 1.44 bits per heavy atom. The van der Waals surface area contributed by atoms with Gasteiger partial charge in [0, 0.05) is 13.0 Å². The molecule has 8 heteroatoms. The highest BCUT2D eigenvalue weighted by molar-refractivity contribution is 5.75. The number of carbonyl (C=O) groups is 2. The van der Waals surface area contributed by atoms with Crippen molar-refractivity contribution in [3.05, 3.63) is 47.0 Å². The lowest BCUT2D eigenvalue weighted by Crippen LogP contribution is -2.44. The molecule has 1 atom stereocenters. The maximum absolute atomic E-state index is 12.7. The van der Waals surface area contributed by atoms with Crippen molar-refractivity contribution >= 4 is 12.5 Å². The molecule has 1 aromatic carbocycles. The van der Waals surface area contributed by atoms with Crippen LogP contribution in [0.5, 0.6) is 5.75 Å². The van der Waals surface area contributed by atoms with Crippen LogP contribution in [-0.2, 0) is 24.2 Å². The predicted octanol–water partition coefficient (Wildman–Crippen LogP) is 2.26. The fourth-order valence-corrected chi connectivity index (χ4v) is 3.69. The molecular formula is C19H24N4O4. The van der Waals surface area contributed by atoms with Crippen LogP contribution in [0.4, 0.5) is 4.79 Å². The Hall–Kier alpha value is -3.03. The minimum absolute atomic E-state index is 0.00363. The molecule has 0 bridgehead atoms. The summed E-state index contributed by atoms with van der Waals surface area (Å²) in [5.74, 6) is 0.878. The first-order chi connectivity index (χ1) is 13.2. The first-order valence-electron chi connectivity index (χ1n) is 8.97. The number of hydrogen-bond acceptors (Lipinski definition) is 4. The third-order valence-electron chi connectivity index (χ3n) is 5.02. The van der Waals surface area contributed by atoms with Gasteiger partial charge >= 0.3 is 6.03 Å². The Bertz CT molecular complexity index is 805. The van der Waals surface area contributed by atoms with Crippen LogP contribution in [0.2, 0.25) is 0 Å². The maximum atomic E-state index is 12.7. The van der Waals surface area contributed by atoms with E-state index < -0.39 is 0 Å². The molecule has 2 heterocycles. The van der Waals surface area contributed by atoms with Crippen LogP contribution < -0.4 is 10.1 Å². The van der Waals surface area contributed by atoms with E-state index in [9.17, 15) is 4.79 Å². The minimum Gasteiger partial charge on any atom is -0.497 e. The second-order valence-corrected chi connectivity index (χ2v) is 6.56. The molecule has 0 saturated carbocycles. The Morgan fingerprint density at radius 3 is 3.04 bits per heavy atom. The van der Waals surface area contributed by atoms with Gasteiger partial charge in [-0.3, -0.25) is 4.79 Å². The van der Waals surface area contributed by atoms with E-state index in [1.165, 1.54) is 11.1 Å². The van der Waals surface area contributed by atoms with Crippen molar-refractivity contribution in [1.29, 1.82) is 0 Å². The predicted molar refractivity (Wildman–Crippen MR) is 98.6 cm³/mol. The van der Waals surface area contributed by atoms with Gasteiger partial charge in [-0.2, -0.15) is 0 Å². The molecule has 0 spiro atoms. The zero-order valence-electron chi connectivity index (χ0n) is 15.3. The number of H-pyrrole nitrogens is 1. The van der Waals surface area contributed by atoms with Crippen molar-refractivity contribution in [3.63, 3.8) is 0 Å². The van der Waals surface area contributed by atoms with E-state index in [-0.39, 0.29) is 18.5 Å². The number of nitrogens with zero attached hydrogens (tertiary/aromatic N) is 2. The number of aryl methyl sites for hydroxylation is 1. The van der Waals surface area contributed by atoms with E-state index in [0.29, 0.717) is 13.1 Å². The van der Waals surface area contributed by atoms with Crippen molar-refractivity contribution in [2.75, 3.05) is 13.7 Å². The Morgan fingerprint density at radius 2 is 2.26 bits per heavy atom. The van der Waals surface area contributed by atoms with Gasteiger partial charge in [-0.05, 0) is 42.5 Å². The van der Waals surface area contributed by atoms with E-state index >= 15 is 0 Å². The molecule has 8 nitrogen and oxygen atoms in total. The van der Waals surface area contributed by atoms with Crippen LogP contribution in [0.3, 0.4) is 0 Å². The lowest BCUT2D eigenvalue weighted by molar-refractivity contribution is -0.122. The summed E-state index contributed by atoms with van der Waals surface area (Å²) >= 11 is 0. The van der Waals surface area contributed by atoms with E-state index in [0.717, 1.165) is 42.8 Å². The highest BCUT2D eigenvalue weighted by Crippen LogP contribution is 2.32. The second-order valence-electron chi connectivity index (χ2n) is 6.56. The zero-order valence-corrected chi connectivity index (χ0v) is 15.3. The number of nitrogens with one attached hydrogen (secondary N) is 2. The van der Waals surface area contributed by atoms with Crippen LogP contribution in [0.25, 0.3) is 0 Å². The van der Waals surface area contributed by atoms with Gasteiger partial charge in [0.15, 0.2) is 0 Å². The number of amides is 2. The highest BCUT2D eigenvalue weighted by atomic mass is 16.5. The Kier molecular flexibility index (Phi) is 5.95. The third kappa shape index (κ3) is 4.21. The first kappa shape index (κ1) is 18.8. The highest BCUT2D eigenvalue weighted by Gasteiger charge is 2.27. The maximum Gasteiger partial charge on any atom is 0.318 e. The van der Waals surface area contributed by atoms with Crippen LogP contribution in [0.15, 0.2) is 24.5 Å². The SMILES string of the molecule is COc1ccc2c(c1)CCCC2NC(=O)N1CCc2nc[nH]c2C1.O=CO. The summed E-state index contributed by atoms with van der Waals surface area (Å²) in [6.45, 7) is 1.06. The number of urea groups is 1. The molecule has 2 amide bonds. The molecule has 1 aliphatic carbocycles. The van der Waals surface area contributed by atoms with Gasteiger partial charge in [0.25, 0.3) is 6.47 Å². The third-order valence-corrected chi connectivity index (χ3v) is 5.02. The molecule has 27 heavy (non-hydrogen) atoms. The summed E-state index contributed by atoms with van der Waals surface area (Å²) in [6, 6.07) is 6.23. The molecule has 4 rings (SSSR count). The van der Waals surface area contributed by atoms with Crippen LogP contribution >= 0.6 is 0 Å². The Labute approximate surface area is 157 Å². The molecule has 2 aromatic rings. The smallest absolute Gasteiger partial charge is 0.318 e. The number of hydrogen-bond donors (Lipinski definition) is 3. The van der Waals surface area contributed by atoms with E-state index in [2.05, 4.69) is 27.4 Å². The van der Waals surface area contributed by atoms with Crippen molar-refractivity contribution in [3.8, 4) is 5.75 Å². The molecule has 1 aromatic heterocycles. The number of carbonyl (C=O) groups excluding carboxylic acids is 1. The molecule has 1 unspecified atom stereocenters. The monoisotopic (exact) mass is 372 g/mol. The van der Waals surface area contributed by atoms with E-state index in [1.807, 2.05) is 11.0 Å². The average molecular weight is 372 g/mol. The molecule has 3 N–H and O–H groups in total. The van der Waals surface area contributed by atoms with Gasteiger partial charge in [0.1, 0.15) is 5.75 Å². The summed E-state index contributed by atoms with van der Waals surface area (Å²) in [5, 5.41) is 10.1. The zero-order chi connectivity index (χ0) is 19.2. The number of fused-ring (bicyclic) bond motifs is 2. The normalized spacial score (nSPS) is 17.7. The second kappa shape index (κ2) is 8.57. The number of benzene rings is 1. The average Bonchev–Trinajstić information content (AvgIpc) is 3.16. The van der Waals surface area contributed by atoms with Crippen LogP contribution in [-0.4, -0.2) is 46.1 Å². The van der Waals surface area contributed by atoms with Crippen molar-refractivity contribution in [2.45, 2.75) is 38.3 Å². The number of aromatic amines is 1. The van der Waals surface area contributed by atoms with Gasteiger partial charge in [-0.15, -0.1) is 0 Å². The van der Waals surface area contributed by atoms with Gasteiger partial charge in [-0.1, -0.05) is 6.07 Å². The fraction of sp³-hybridized carbons (Fsp3) is 0.421. The standard InChI is InChI=1S/C18H22N4O2.CH2O2/c1-24-13-5-6-14-12(9-13)3-2-4-15(14)21-18(23)22-8-7-16-17(10-22)20-11-19-16;2-1-3/h5-6,9,11,15H,2-4,7-8,10H2,1H3,(H,19,20)(H,21,23);1H,(H,2,3). The molecule has 0 saturated heterocycles. The molecule has 0 radical (unpaired) electrons. The van der Waals surface area contributed by atoms with Crippen molar-refractivity contribution < 1.29 is 19.4 Å². The minimum atomic E-state index is -0.250. The molecule has 0 fully saturated rings. The molecular weight excluding hydrogens is 348 g/mol. The Balaban J connectivity index is 0.000000659.